The molecule has 2 nitrogen and oxygen atoms in total. The average Bonchev–Trinajstić information content (AvgIpc) is 2.07. The average molecular weight is 147 g/mol. The van der Waals surface area contributed by atoms with Gasteiger partial charge >= 0.3 is 0 Å². The third-order valence-electron chi connectivity index (χ3n) is 1.43. The third kappa shape index (κ3) is 2.16. The van der Waals surface area contributed by atoms with Crippen LogP contribution in [-0.2, 0) is 0 Å². The van der Waals surface area contributed by atoms with Gasteiger partial charge in [-0.1, -0.05) is 30.3 Å². The van der Waals surface area contributed by atoms with Crippen molar-refractivity contribution in [2.24, 2.45) is 0 Å². The van der Waals surface area contributed by atoms with Crippen molar-refractivity contribution in [2.45, 2.75) is 6.42 Å². The molecule has 1 aromatic rings. The summed E-state index contributed by atoms with van der Waals surface area (Å²) in [6, 6.07) is 8.97. The topological polar surface area (TPSA) is 39.4 Å². The van der Waals surface area contributed by atoms with Crippen molar-refractivity contribution in [2.75, 3.05) is 6.54 Å². The monoisotopic (exact) mass is 147 g/mol. The molecule has 0 aliphatic rings. The quantitative estimate of drug-likeness (QED) is 0.594. The van der Waals surface area contributed by atoms with Crippen molar-refractivity contribution >= 4 is 5.78 Å². The second-order valence-electron chi connectivity index (χ2n) is 2.26. The predicted octanol–water partition coefficient (Wildman–Crippen LogP) is 1.33. The highest BCUT2D eigenvalue weighted by Gasteiger charge is 2.01. The molecule has 0 spiro atoms. The molecule has 56 valence electrons. The summed E-state index contributed by atoms with van der Waals surface area (Å²) in [5, 5.41) is 0. The van der Waals surface area contributed by atoms with E-state index in [4.69, 9.17) is 5.73 Å². The van der Waals surface area contributed by atoms with Gasteiger partial charge in [-0.2, -0.15) is 0 Å². The molecule has 0 saturated heterocycles. The summed E-state index contributed by atoms with van der Waals surface area (Å²) in [4.78, 5) is 11.1. The van der Waals surface area contributed by atoms with Gasteiger partial charge in [0, 0.05) is 18.5 Å². The van der Waals surface area contributed by atoms with E-state index < -0.39 is 0 Å². The summed E-state index contributed by atoms with van der Waals surface area (Å²) < 4.78 is 0. The minimum absolute atomic E-state index is 0.00639. The maximum Gasteiger partial charge on any atom is 0.164 e. The van der Waals surface area contributed by atoms with E-state index in [1.54, 1.807) is 12.1 Å². The molecule has 0 unspecified atom stereocenters. The van der Waals surface area contributed by atoms with Crippen molar-refractivity contribution in [3.63, 3.8) is 0 Å². The van der Waals surface area contributed by atoms with Crippen molar-refractivity contribution in [1.29, 1.82) is 0 Å². The lowest BCUT2D eigenvalue weighted by Crippen LogP contribution is -2.01. The van der Waals surface area contributed by atoms with Crippen molar-refractivity contribution in [3.05, 3.63) is 35.9 Å². The first-order chi connectivity index (χ1) is 5.34. The Labute approximate surface area is 66.0 Å². The van der Waals surface area contributed by atoms with Gasteiger partial charge in [0.05, 0.1) is 0 Å². The van der Waals surface area contributed by atoms with E-state index in [2.05, 4.69) is 0 Å². The fourth-order valence-corrected chi connectivity index (χ4v) is 0.870. The fourth-order valence-electron chi connectivity index (χ4n) is 0.870. The van der Waals surface area contributed by atoms with E-state index in [-0.39, 0.29) is 18.7 Å². The number of carbonyl (C=O) groups is 1. The SMILES string of the molecule is [N]CCC(=O)c1ccccc1. The van der Waals surface area contributed by atoms with Gasteiger partial charge in [0.15, 0.2) is 5.78 Å². The largest absolute Gasteiger partial charge is 0.294 e. The Bertz CT molecular complexity index is 231. The van der Waals surface area contributed by atoms with Crippen LogP contribution in [0.2, 0.25) is 0 Å². The lowest BCUT2D eigenvalue weighted by molar-refractivity contribution is 0.0985. The number of nitrogens with zero attached hydrogens (tertiary/aromatic N) is 1. The molecule has 2 radical (unpaired) electrons. The van der Waals surface area contributed by atoms with Crippen LogP contribution in [0.25, 0.3) is 0 Å². The lowest BCUT2D eigenvalue weighted by Gasteiger charge is -1.95. The zero-order valence-electron chi connectivity index (χ0n) is 6.16. The highest BCUT2D eigenvalue weighted by Crippen LogP contribution is 2.01. The third-order valence-corrected chi connectivity index (χ3v) is 1.43. The van der Waals surface area contributed by atoms with Gasteiger partial charge in [-0.15, -0.1) is 5.73 Å². The Hall–Kier alpha value is -1.15. The molecule has 0 aromatic heterocycles. The maximum absolute atomic E-state index is 11.1. The first kappa shape index (κ1) is 7.95. The molecule has 11 heavy (non-hydrogen) atoms. The van der Waals surface area contributed by atoms with Gasteiger partial charge < -0.3 is 0 Å². The molecule has 0 saturated carbocycles. The predicted molar refractivity (Wildman–Crippen MR) is 42.4 cm³/mol. The van der Waals surface area contributed by atoms with Crippen molar-refractivity contribution in [1.82, 2.24) is 5.73 Å². The van der Waals surface area contributed by atoms with E-state index in [1.165, 1.54) is 0 Å². The van der Waals surface area contributed by atoms with E-state index in [1.807, 2.05) is 18.2 Å². The summed E-state index contributed by atoms with van der Waals surface area (Å²) in [6.45, 7) is -0.0757. The van der Waals surface area contributed by atoms with E-state index in [9.17, 15) is 4.79 Å². The second kappa shape index (κ2) is 3.88. The number of Topliss-reactive ketones (excluding diaryl/α,β-unsaturated/α-hetero) is 1. The minimum Gasteiger partial charge on any atom is -0.294 e. The van der Waals surface area contributed by atoms with Crippen LogP contribution in [0, 0.1) is 0 Å². The van der Waals surface area contributed by atoms with Gasteiger partial charge in [0.25, 0.3) is 0 Å². The summed E-state index contributed by atoms with van der Waals surface area (Å²) >= 11 is 0. The number of ketones is 1. The molecular formula is C9H9NO. The van der Waals surface area contributed by atoms with Crippen LogP contribution in [0.4, 0.5) is 0 Å². The molecule has 0 aliphatic heterocycles. The van der Waals surface area contributed by atoms with Gasteiger partial charge in [-0.3, -0.25) is 4.79 Å². The highest BCUT2D eigenvalue weighted by molar-refractivity contribution is 5.96. The van der Waals surface area contributed by atoms with Crippen LogP contribution >= 0.6 is 0 Å². The number of carbonyl (C=O) groups excluding carboxylic acids is 1. The fraction of sp³-hybridized carbons (Fsp3) is 0.222. The lowest BCUT2D eigenvalue weighted by atomic mass is 10.1. The number of hydrogen-bond donors (Lipinski definition) is 0. The maximum atomic E-state index is 11.1. The van der Waals surface area contributed by atoms with E-state index in [0.29, 0.717) is 5.56 Å². The highest BCUT2D eigenvalue weighted by atomic mass is 16.1. The van der Waals surface area contributed by atoms with Crippen LogP contribution in [0.1, 0.15) is 16.8 Å². The molecule has 0 fully saturated rings. The van der Waals surface area contributed by atoms with Gasteiger partial charge in [0.2, 0.25) is 0 Å². The first-order valence-electron chi connectivity index (χ1n) is 3.53. The summed E-state index contributed by atoms with van der Waals surface area (Å²) in [6.07, 6.45) is 0.212. The molecule has 1 rings (SSSR count). The summed E-state index contributed by atoms with van der Waals surface area (Å²) in [5.74, 6) is -0.00639. The molecule has 2 heteroatoms. The van der Waals surface area contributed by atoms with Gasteiger partial charge in [0.1, 0.15) is 0 Å². The normalized spacial score (nSPS) is 9.55. The Kier molecular flexibility index (Phi) is 2.81. The van der Waals surface area contributed by atoms with Gasteiger partial charge in [-0.25, -0.2) is 0 Å². The molecule has 0 N–H and O–H groups in total. The Morgan fingerprint density at radius 2 is 1.91 bits per heavy atom. The molecule has 0 aliphatic carbocycles. The Morgan fingerprint density at radius 3 is 2.45 bits per heavy atom. The van der Waals surface area contributed by atoms with Gasteiger partial charge in [-0.05, 0) is 0 Å². The van der Waals surface area contributed by atoms with Crippen molar-refractivity contribution < 1.29 is 4.79 Å². The molecule has 0 heterocycles. The van der Waals surface area contributed by atoms with Crippen molar-refractivity contribution in [3.8, 4) is 0 Å². The summed E-state index contributed by atoms with van der Waals surface area (Å²) in [5.41, 5.74) is 9.15. The molecular weight excluding hydrogens is 138 g/mol. The molecule has 0 bridgehead atoms. The van der Waals surface area contributed by atoms with Crippen LogP contribution in [0.3, 0.4) is 0 Å². The van der Waals surface area contributed by atoms with Crippen LogP contribution in [0.5, 0.6) is 0 Å². The minimum atomic E-state index is -0.0757. The van der Waals surface area contributed by atoms with Crippen LogP contribution < -0.4 is 5.73 Å². The zero-order chi connectivity index (χ0) is 8.10. The Morgan fingerprint density at radius 1 is 1.27 bits per heavy atom. The van der Waals surface area contributed by atoms with Crippen LogP contribution in [-0.4, -0.2) is 12.3 Å². The summed E-state index contributed by atoms with van der Waals surface area (Å²) in [7, 11) is 0. The Balaban J connectivity index is 2.69. The zero-order valence-corrected chi connectivity index (χ0v) is 6.16. The molecule has 1 aromatic carbocycles. The number of benzene rings is 1. The number of hydrogen-bond acceptors (Lipinski definition) is 1. The first-order valence-corrected chi connectivity index (χ1v) is 3.53. The smallest absolute Gasteiger partial charge is 0.164 e. The second-order valence-corrected chi connectivity index (χ2v) is 2.26. The standard InChI is InChI=1S/C9H9NO/c10-7-6-9(11)8-4-2-1-3-5-8/h1-5H,6-7H2. The number of rotatable bonds is 3. The van der Waals surface area contributed by atoms with Crippen LogP contribution in [0.15, 0.2) is 30.3 Å². The van der Waals surface area contributed by atoms with E-state index in [0.717, 1.165) is 0 Å². The van der Waals surface area contributed by atoms with E-state index >= 15 is 0 Å². The molecule has 0 amide bonds. The molecule has 0 atom stereocenters.